The average molecular weight is 205 g/mol. The Labute approximate surface area is 79.2 Å². The zero-order chi connectivity index (χ0) is 10.9. The van der Waals surface area contributed by atoms with Crippen molar-refractivity contribution < 1.29 is 18.3 Å². The van der Waals surface area contributed by atoms with Gasteiger partial charge in [0.1, 0.15) is 5.82 Å². The highest BCUT2D eigenvalue weighted by Gasteiger charge is 2.29. The highest BCUT2D eigenvalue weighted by atomic mass is 19.2. The number of aliphatic hydroxyl groups is 1. The Morgan fingerprint density at radius 2 is 1.79 bits per heavy atom. The topological polar surface area (TPSA) is 46.2 Å². The molecule has 0 amide bonds. The summed E-state index contributed by atoms with van der Waals surface area (Å²) in [5, 5.41) is 8.81. The van der Waals surface area contributed by atoms with Gasteiger partial charge in [0.25, 0.3) is 0 Å². The third-order valence-corrected chi connectivity index (χ3v) is 1.94. The number of nitrogens with two attached hydrogens (primary N) is 1. The molecule has 0 saturated carbocycles. The summed E-state index contributed by atoms with van der Waals surface area (Å²) in [4.78, 5) is 0. The van der Waals surface area contributed by atoms with Gasteiger partial charge in [0.2, 0.25) is 0 Å². The van der Waals surface area contributed by atoms with Crippen LogP contribution in [-0.4, -0.2) is 11.7 Å². The van der Waals surface area contributed by atoms with Crippen LogP contribution in [-0.2, 0) is 5.54 Å². The van der Waals surface area contributed by atoms with E-state index in [0.29, 0.717) is 6.07 Å². The second-order valence-corrected chi connectivity index (χ2v) is 3.29. The van der Waals surface area contributed by atoms with Crippen LogP contribution in [0.4, 0.5) is 13.2 Å². The molecule has 0 aliphatic carbocycles. The van der Waals surface area contributed by atoms with Gasteiger partial charge in [-0.3, -0.25) is 0 Å². The first-order chi connectivity index (χ1) is 6.40. The van der Waals surface area contributed by atoms with Gasteiger partial charge in [-0.15, -0.1) is 0 Å². The van der Waals surface area contributed by atoms with Crippen molar-refractivity contribution in [3.63, 3.8) is 0 Å². The van der Waals surface area contributed by atoms with E-state index in [9.17, 15) is 13.2 Å². The Morgan fingerprint density at radius 1 is 1.29 bits per heavy atom. The van der Waals surface area contributed by atoms with Crippen molar-refractivity contribution >= 4 is 0 Å². The van der Waals surface area contributed by atoms with Crippen LogP contribution in [0.3, 0.4) is 0 Å². The maximum atomic E-state index is 13.1. The van der Waals surface area contributed by atoms with E-state index in [2.05, 4.69) is 0 Å². The third kappa shape index (κ3) is 1.73. The van der Waals surface area contributed by atoms with E-state index >= 15 is 0 Å². The predicted octanol–water partition coefficient (Wildman–Crippen LogP) is 1.27. The van der Waals surface area contributed by atoms with Crippen LogP contribution >= 0.6 is 0 Å². The number of benzene rings is 1. The minimum atomic E-state index is -1.63. The summed E-state index contributed by atoms with van der Waals surface area (Å²) < 4.78 is 39.0. The fourth-order valence-electron chi connectivity index (χ4n) is 1.13. The molecule has 1 atom stereocenters. The van der Waals surface area contributed by atoms with Crippen molar-refractivity contribution in [2.24, 2.45) is 5.73 Å². The normalized spacial score (nSPS) is 15.3. The largest absolute Gasteiger partial charge is 0.394 e. The first kappa shape index (κ1) is 11.0. The first-order valence-corrected chi connectivity index (χ1v) is 3.94. The van der Waals surface area contributed by atoms with Gasteiger partial charge >= 0.3 is 0 Å². The van der Waals surface area contributed by atoms with E-state index in [-0.39, 0.29) is 0 Å². The molecule has 0 fully saturated rings. The number of hydrogen-bond donors (Lipinski definition) is 2. The summed E-state index contributed by atoms with van der Waals surface area (Å²) in [7, 11) is 0. The molecule has 1 unspecified atom stereocenters. The van der Waals surface area contributed by atoms with Crippen LogP contribution in [0, 0.1) is 17.5 Å². The fourth-order valence-corrected chi connectivity index (χ4v) is 1.13. The Kier molecular flexibility index (Phi) is 2.82. The highest BCUT2D eigenvalue weighted by molar-refractivity contribution is 5.28. The summed E-state index contributed by atoms with van der Waals surface area (Å²) in [5.74, 6) is -3.52. The SMILES string of the molecule is CC(N)(CO)c1c(F)ccc(F)c1F. The molecule has 0 aliphatic heterocycles. The molecule has 0 aromatic heterocycles. The number of halogens is 3. The lowest BCUT2D eigenvalue weighted by Crippen LogP contribution is -2.39. The molecule has 0 saturated heterocycles. The van der Waals surface area contributed by atoms with Crippen LogP contribution in [0.2, 0.25) is 0 Å². The average Bonchev–Trinajstić information content (AvgIpc) is 2.12. The van der Waals surface area contributed by atoms with E-state index in [1.54, 1.807) is 0 Å². The molecule has 1 aromatic carbocycles. The van der Waals surface area contributed by atoms with Gasteiger partial charge in [-0.05, 0) is 19.1 Å². The number of rotatable bonds is 2. The van der Waals surface area contributed by atoms with Crippen LogP contribution in [0.5, 0.6) is 0 Å². The van der Waals surface area contributed by atoms with Crippen LogP contribution in [0.25, 0.3) is 0 Å². The van der Waals surface area contributed by atoms with Crippen molar-refractivity contribution in [2.45, 2.75) is 12.5 Å². The summed E-state index contributed by atoms with van der Waals surface area (Å²) >= 11 is 0. The summed E-state index contributed by atoms with van der Waals surface area (Å²) in [6, 6.07) is 1.44. The standard InChI is InChI=1S/C9H10F3NO/c1-9(13,4-14)7-5(10)2-3-6(11)8(7)12/h2-3,14H,4,13H2,1H3. The molecule has 3 N–H and O–H groups in total. The van der Waals surface area contributed by atoms with E-state index in [1.807, 2.05) is 0 Å². The second-order valence-electron chi connectivity index (χ2n) is 3.29. The quantitative estimate of drug-likeness (QED) is 0.714. The van der Waals surface area contributed by atoms with Crippen molar-refractivity contribution in [2.75, 3.05) is 6.61 Å². The van der Waals surface area contributed by atoms with Crippen molar-refractivity contribution in [3.05, 3.63) is 35.1 Å². The zero-order valence-electron chi connectivity index (χ0n) is 7.52. The molecule has 0 aliphatic rings. The number of aliphatic hydroxyl groups excluding tert-OH is 1. The molecule has 0 heterocycles. The fraction of sp³-hybridized carbons (Fsp3) is 0.333. The van der Waals surface area contributed by atoms with Gasteiger partial charge in [-0.25, -0.2) is 13.2 Å². The molecular formula is C9H10F3NO. The van der Waals surface area contributed by atoms with Gasteiger partial charge < -0.3 is 10.8 Å². The highest BCUT2D eigenvalue weighted by Crippen LogP contribution is 2.25. The molecule has 5 heteroatoms. The summed E-state index contributed by atoms with van der Waals surface area (Å²) in [5.41, 5.74) is 3.14. The van der Waals surface area contributed by atoms with Gasteiger partial charge in [0.05, 0.1) is 12.1 Å². The van der Waals surface area contributed by atoms with E-state index < -0.39 is 35.2 Å². The van der Waals surface area contributed by atoms with Gasteiger partial charge in [0, 0.05) is 5.56 Å². The monoisotopic (exact) mass is 205 g/mol. The maximum Gasteiger partial charge on any atom is 0.166 e. The molecule has 0 spiro atoms. The Hall–Kier alpha value is -1.07. The van der Waals surface area contributed by atoms with E-state index in [4.69, 9.17) is 10.8 Å². The van der Waals surface area contributed by atoms with Crippen molar-refractivity contribution in [1.82, 2.24) is 0 Å². The van der Waals surface area contributed by atoms with E-state index in [1.165, 1.54) is 6.92 Å². The van der Waals surface area contributed by atoms with Gasteiger partial charge in [-0.2, -0.15) is 0 Å². The molecule has 0 radical (unpaired) electrons. The molecular weight excluding hydrogens is 195 g/mol. The van der Waals surface area contributed by atoms with Crippen molar-refractivity contribution in [3.8, 4) is 0 Å². The Morgan fingerprint density at radius 3 is 2.29 bits per heavy atom. The maximum absolute atomic E-state index is 13.1. The molecule has 1 rings (SSSR count). The zero-order valence-corrected chi connectivity index (χ0v) is 7.52. The Balaban J connectivity index is 3.40. The van der Waals surface area contributed by atoms with Gasteiger partial charge in [-0.1, -0.05) is 0 Å². The Bertz CT molecular complexity index is 352. The molecule has 1 aromatic rings. The number of hydrogen-bond acceptors (Lipinski definition) is 2. The minimum Gasteiger partial charge on any atom is -0.394 e. The smallest absolute Gasteiger partial charge is 0.166 e. The second kappa shape index (κ2) is 3.59. The predicted molar refractivity (Wildman–Crippen MR) is 44.9 cm³/mol. The lowest BCUT2D eigenvalue weighted by molar-refractivity contribution is 0.201. The molecule has 0 bridgehead atoms. The van der Waals surface area contributed by atoms with Crippen LogP contribution < -0.4 is 5.73 Å². The molecule has 2 nitrogen and oxygen atoms in total. The molecule has 78 valence electrons. The van der Waals surface area contributed by atoms with Crippen molar-refractivity contribution in [1.29, 1.82) is 0 Å². The summed E-state index contributed by atoms with van der Waals surface area (Å²) in [6.45, 7) is 0.540. The molecule has 14 heavy (non-hydrogen) atoms. The van der Waals surface area contributed by atoms with E-state index in [0.717, 1.165) is 6.07 Å². The van der Waals surface area contributed by atoms with Gasteiger partial charge in [0.15, 0.2) is 11.6 Å². The third-order valence-electron chi connectivity index (χ3n) is 1.94. The van der Waals surface area contributed by atoms with Crippen LogP contribution in [0.15, 0.2) is 12.1 Å². The summed E-state index contributed by atoms with van der Waals surface area (Å²) in [6.07, 6.45) is 0. The first-order valence-electron chi connectivity index (χ1n) is 3.94. The lowest BCUT2D eigenvalue weighted by Gasteiger charge is -2.23. The minimum absolute atomic E-state index is 0.639. The van der Waals surface area contributed by atoms with Crippen LogP contribution in [0.1, 0.15) is 12.5 Å². The lowest BCUT2D eigenvalue weighted by atomic mass is 9.93.